The monoisotopic (exact) mass is 254 g/mol. The normalized spacial score (nSPS) is 18.8. The molecular formula is C12H18N2O2S. The van der Waals surface area contributed by atoms with Crippen LogP contribution in [0, 0.1) is 6.92 Å². The maximum atomic E-state index is 11.7. The van der Waals surface area contributed by atoms with E-state index in [-0.39, 0.29) is 11.8 Å². The van der Waals surface area contributed by atoms with E-state index >= 15 is 0 Å². The lowest BCUT2D eigenvalue weighted by molar-refractivity contribution is -0.121. The first-order chi connectivity index (χ1) is 8.20. The van der Waals surface area contributed by atoms with Crippen molar-refractivity contribution in [1.29, 1.82) is 0 Å². The number of nitrogens with zero attached hydrogens (tertiary/aromatic N) is 1. The standard InChI is InChI=1S/C12H18N2O2S/c1-8-14-12-9(3-2-4-10(12)16-8)7-11(15)13-5-6-17/h9,17H,2-7H2,1H3,(H,13,15). The summed E-state index contributed by atoms with van der Waals surface area (Å²) >= 11 is 4.07. The molecule has 1 amide bonds. The van der Waals surface area contributed by atoms with Crippen LogP contribution < -0.4 is 5.32 Å². The Balaban J connectivity index is 2.00. The molecule has 0 fully saturated rings. The van der Waals surface area contributed by atoms with E-state index in [4.69, 9.17) is 4.42 Å². The Morgan fingerprint density at radius 3 is 3.24 bits per heavy atom. The molecule has 0 aromatic carbocycles. The number of nitrogens with one attached hydrogen (secondary N) is 1. The fourth-order valence-corrected chi connectivity index (χ4v) is 2.43. The molecule has 1 unspecified atom stereocenters. The van der Waals surface area contributed by atoms with E-state index in [1.165, 1.54) is 0 Å². The third-order valence-corrected chi connectivity index (χ3v) is 3.27. The lowest BCUT2D eigenvalue weighted by Crippen LogP contribution is -2.27. The molecule has 4 nitrogen and oxygen atoms in total. The molecule has 0 bridgehead atoms. The number of fused-ring (bicyclic) bond motifs is 1. The SMILES string of the molecule is Cc1nc2c(o1)CCCC2CC(=O)NCCS. The average Bonchev–Trinajstić information content (AvgIpc) is 2.68. The Hall–Kier alpha value is -0.970. The van der Waals surface area contributed by atoms with E-state index in [0.29, 0.717) is 24.6 Å². The van der Waals surface area contributed by atoms with Gasteiger partial charge in [0, 0.05) is 38.0 Å². The fraction of sp³-hybridized carbons (Fsp3) is 0.667. The molecular weight excluding hydrogens is 236 g/mol. The van der Waals surface area contributed by atoms with Gasteiger partial charge in [-0.05, 0) is 12.8 Å². The van der Waals surface area contributed by atoms with E-state index in [0.717, 1.165) is 30.7 Å². The van der Waals surface area contributed by atoms with Gasteiger partial charge in [-0.25, -0.2) is 4.98 Å². The molecule has 0 radical (unpaired) electrons. The lowest BCUT2D eigenvalue weighted by atomic mass is 9.88. The molecule has 1 heterocycles. The van der Waals surface area contributed by atoms with Gasteiger partial charge in [-0.3, -0.25) is 4.79 Å². The number of amides is 1. The third kappa shape index (κ3) is 3.03. The molecule has 17 heavy (non-hydrogen) atoms. The van der Waals surface area contributed by atoms with Crippen molar-refractivity contribution < 1.29 is 9.21 Å². The number of hydrogen-bond acceptors (Lipinski definition) is 4. The zero-order valence-electron chi connectivity index (χ0n) is 10.0. The summed E-state index contributed by atoms with van der Waals surface area (Å²) in [5, 5.41) is 2.84. The highest BCUT2D eigenvalue weighted by molar-refractivity contribution is 7.80. The highest BCUT2D eigenvalue weighted by atomic mass is 32.1. The van der Waals surface area contributed by atoms with Crippen LogP contribution in [0.4, 0.5) is 0 Å². The molecule has 0 aliphatic heterocycles. The van der Waals surface area contributed by atoms with Crippen molar-refractivity contribution in [2.45, 2.75) is 38.5 Å². The summed E-state index contributed by atoms with van der Waals surface area (Å²) in [5.74, 6) is 2.65. The average molecular weight is 254 g/mol. The van der Waals surface area contributed by atoms with E-state index in [2.05, 4.69) is 22.9 Å². The van der Waals surface area contributed by atoms with Crippen molar-refractivity contribution in [2.24, 2.45) is 0 Å². The van der Waals surface area contributed by atoms with Crippen molar-refractivity contribution in [3.05, 3.63) is 17.3 Å². The van der Waals surface area contributed by atoms with E-state index in [9.17, 15) is 4.79 Å². The summed E-state index contributed by atoms with van der Waals surface area (Å²) in [6.45, 7) is 2.48. The van der Waals surface area contributed by atoms with E-state index in [1.807, 2.05) is 6.92 Å². The minimum absolute atomic E-state index is 0.0811. The minimum Gasteiger partial charge on any atom is -0.446 e. The largest absolute Gasteiger partial charge is 0.446 e. The van der Waals surface area contributed by atoms with Gasteiger partial charge in [-0.2, -0.15) is 12.6 Å². The van der Waals surface area contributed by atoms with Crippen LogP contribution in [-0.2, 0) is 11.2 Å². The van der Waals surface area contributed by atoms with Gasteiger partial charge in [0.2, 0.25) is 5.91 Å². The van der Waals surface area contributed by atoms with Crippen molar-refractivity contribution in [2.75, 3.05) is 12.3 Å². The smallest absolute Gasteiger partial charge is 0.220 e. The van der Waals surface area contributed by atoms with Gasteiger partial charge in [0.25, 0.3) is 0 Å². The van der Waals surface area contributed by atoms with Gasteiger partial charge in [0.05, 0.1) is 5.69 Å². The summed E-state index contributed by atoms with van der Waals surface area (Å²) < 4.78 is 5.54. The molecule has 1 N–H and O–H groups in total. The zero-order chi connectivity index (χ0) is 12.3. The molecule has 0 saturated carbocycles. The van der Waals surface area contributed by atoms with Crippen LogP contribution in [0.5, 0.6) is 0 Å². The topological polar surface area (TPSA) is 55.1 Å². The van der Waals surface area contributed by atoms with Crippen molar-refractivity contribution >= 4 is 18.5 Å². The number of carbonyl (C=O) groups is 1. The number of oxazole rings is 1. The lowest BCUT2D eigenvalue weighted by Gasteiger charge is -2.19. The first-order valence-corrected chi connectivity index (χ1v) is 6.67. The molecule has 5 heteroatoms. The van der Waals surface area contributed by atoms with E-state index in [1.54, 1.807) is 0 Å². The highest BCUT2D eigenvalue weighted by Gasteiger charge is 2.27. The van der Waals surface area contributed by atoms with E-state index < -0.39 is 0 Å². The number of carbonyl (C=O) groups excluding carboxylic acids is 1. The Morgan fingerprint density at radius 2 is 2.47 bits per heavy atom. The van der Waals surface area contributed by atoms with Crippen molar-refractivity contribution in [3.63, 3.8) is 0 Å². The van der Waals surface area contributed by atoms with Gasteiger partial charge in [0.1, 0.15) is 5.76 Å². The summed E-state index contributed by atoms with van der Waals surface area (Å²) in [6.07, 6.45) is 3.55. The van der Waals surface area contributed by atoms with Crippen molar-refractivity contribution in [1.82, 2.24) is 10.3 Å². The molecule has 0 spiro atoms. The molecule has 1 aromatic heterocycles. The van der Waals surface area contributed by atoms with Crippen LogP contribution in [0.2, 0.25) is 0 Å². The Morgan fingerprint density at radius 1 is 1.65 bits per heavy atom. The van der Waals surface area contributed by atoms with Gasteiger partial charge < -0.3 is 9.73 Å². The molecule has 2 rings (SSSR count). The first kappa shape index (κ1) is 12.5. The molecule has 1 aromatic rings. The highest BCUT2D eigenvalue weighted by Crippen LogP contribution is 2.33. The molecule has 1 aliphatic carbocycles. The van der Waals surface area contributed by atoms with Gasteiger partial charge >= 0.3 is 0 Å². The van der Waals surface area contributed by atoms with Gasteiger partial charge in [0.15, 0.2) is 5.89 Å². The maximum Gasteiger partial charge on any atom is 0.220 e. The van der Waals surface area contributed by atoms with Crippen LogP contribution in [0.25, 0.3) is 0 Å². The summed E-state index contributed by atoms with van der Waals surface area (Å²) in [5.41, 5.74) is 0.995. The predicted octanol–water partition coefficient (Wildman–Crippen LogP) is 1.84. The number of rotatable bonds is 4. The maximum absolute atomic E-state index is 11.7. The van der Waals surface area contributed by atoms with Crippen LogP contribution in [0.1, 0.15) is 42.5 Å². The fourth-order valence-electron chi connectivity index (χ4n) is 2.32. The molecule has 0 saturated heterocycles. The number of aryl methyl sites for hydroxylation is 2. The van der Waals surface area contributed by atoms with Gasteiger partial charge in [-0.15, -0.1) is 0 Å². The summed E-state index contributed by atoms with van der Waals surface area (Å²) in [6, 6.07) is 0. The second-order valence-corrected chi connectivity index (χ2v) is 4.86. The molecule has 1 aliphatic rings. The van der Waals surface area contributed by atoms with Crippen LogP contribution in [0.3, 0.4) is 0 Å². The Labute approximate surface area is 107 Å². The van der Waals surface area contributed by atoms with Crippen molar-refractivity contribution in [3.8, 4) is 0 Å². The third-order valence-electron chi connectivity index (χ3n) is 3.04. The van der Waals surface area contributed by atoms with Crippen LogP contribution in [0.15, 0.2) is 4.42 Å². The van der Waals surface area contributed by atoms with Crippen LogP contribution in [-0.4, -0.2) is 23.2 Å². The summed E-state index contributed by atoms with van der Waals surface area (Å²) in [4.78, 5) is 16.1. The minimum atomic E-state index is 0.0811. The quantitative estimate of drug-likeness (QED) is 0.806. The Bertz CT molecular complexity index is 403. The molecule has 94 valence electrons. The Kier molecular flexibility index (Phi) is 4.10. The zero-order valence-corrected chi connectivity index (χ0v) is 10.9. The molecule has 1 atom stereocenters. The number of aromatic nitrogens is 1. The summed E-state index contributed by atoms with van der Waals surface area (Å²) in [7, 11) is 0. The van der Waals surface area contributed by atoms with Crippen LogP contribution >= 0.6 is 12.6 Å². The van der Waals surface area contributed by atoms with Gasteiger partial charge in [-0.1, -0.05) is 0 Å². The number of hydrogen-bond donors (Lipinski definition) is 2. The number of thiol groups is 1. The second kappa shape index (κ2) is 5.58. The predicted molar refractivity (Wildman–Crippen MR) is 68.4 cm³/mol. The first-order valence-electron chi connectivity index (χ1n) is 6.04. The second-order valence-electron chi connectivity index (χ2n) is 4.41.